The maximum absolute atomic E-state index is 13.6. The predicted octanol–water partition coefficient (Wildman–Crippen LogP) is 6.39. The highest BCUT2D eigenvalue weighted by Gasteiger charge is 2.36. The number of methoxy groups -OCH3 is 2. The zero-order chi connectivity index (χ0) is 33.5. The summed E-state index contributed by atoms with van der Waals surface area (Å²) in [7, 11) is 0.663. The minimum Gasteiger partial charge on any atom is -0.494 e. The Hall–Kier alpha value is -3.05. The first-order chi connectivity index (χ1) is 22.3. The summed E-state index contributed by atoms with van der Waals surface area (Å²) in [6.45, 7) is 15.1. The maximum Gasteiger partial charge on any atom is 0.229 e. The molecule has 4 heterocycles. The number of anilines is 5. The summed E-state index contributed by atoms with van der Waals surface area (Å²) in [5.74, 6) is 3.38. The van der Waals surface area contributed by atoms with E-state index in [1.54, 1.807) is 33.7 Å². The fraction of sp³-hybridized carbons (Fsp3) is 0.529. The van der Waals surface area contributed by atoms with Crippen molar-refractivity contribution in [1.29, 1.82) is 0 Å². The predicted molar refractivity (Wildman–Crippen MR) is 192 cm³/mol. The van der Waals surface area contributed by atoms with Crippen LogP contribution in [-0.4, -0.2) is 93.5 Å². The Morgan fingerprint density at radius 1 is 1.11 bits per heavy atom. The summed E-state index contributed by atoms with van der Waals surface area (Å²) in [5.41, 5.74) is 3.19. The Morgan fingerprint density at radius 2 is 1.85 bits per heavy atom. The van der Waals surface area contributed by atoms with Gasteiger partial charge in [0.25, 0.3) is 0 Å². The number of nitrogens with one attached hydrogen (secondary N) is 2. The second-order valence-corrected chi connectivity index (χ2v) is 17.8. The molecule has 47 heavy (non-hydrogen) atoms. The Balaban J connectivity index is 1.19. The zero-order valence-electron chi connectivity index (χ0n) is 28.4. The molecule has 3 aliphatic rings. The molecule has 0 radical (unpaired) electrons. The third-order valence-electron chi connectivity index (χ3n) is 9.06. The van der Waals surface area contributed by atoms with Gasteiger partial charge in [-0.05, 0) is 86.6 Å². The molecule has 2 saturated heterocycles. The molecule has 0 amide bonds. The Bertz CT molecular complexity index is 1670. The van der Waals surface area contributed by atoms with Gasteiger partial charge in [-0.25, -0.2) is 4.98 Å². The molecule has 11 nitrogen and oxygen atoms in total. The molecule has 2 N–H and O–H groups in total. The summed E-state index contributed by atoms with van der Waals surface area (Å²) in [6, 6.07) is 8.53. The van der Waals surface area contributed by atoms with E-state index < -0.39 is 12.7 Å². The van der Waals surface area contributed by atoms with E-state index in [2.05, 4.69) is 60.4 Å². The van der Waals surface area contributed by atoms with Crippen LogP contribution in [0.3, 0.4) is 0 Å². The first kappa shape index (κ1) is 33.8. The third kappa shape index (κ3) is 7.36. The SMILES string of the molecule is COCC1CN(C2CCN(c3cc(OC)c(Nc4ncc(Br)c(Nc5ccc6c(c5P(C)(C)=O)OC(C)(C)CO6)n4)cc3C)CC2)C1. The van der Waals surface area contributed by atoms with Crippen molar-refractivity contribution in [1.82, 2.24) is 14.9 Å². The van der Waals surface area contributed by atoms with Crippen LogP contribution in [0.4, 0.5) is 28.8 Å². The first-order valence-corrected chi connectivity index (χ1v) is 19.5. The number of benzene rings is 2. The van der Waals surface area contributed by atoms with Crippen molar-refractivity contribution in [2.75, 3.05) is 82.5 Å². The molecule has 0 saturated carbocycles. The van der Waals surface area contributed by atoms with Gasteiger partial charge >= 0.3 is 0 Å². The van der Waals surface area contributed by atoms with Crippen LogP contribution >= 0.6 is 23.1 Å². The number of piperidine rings is 1. The van der Waals surface area contributed by atoms with Gasteiger partial charge in [0, 0.05) is 63.2 Å². The maximum atomic E-state index is 13.6. The molecule has 254 valence electrons. The average molecular weight is 730 g/mol. The van der Waals surface area contributed by atoms with Gasteiger partial charge in [-0.2, -0.15) is 4.98 Å². The first-order valence-electron chi connectivity index (χ1n) is 16.1. The largest absolute Gasteiger partial charge is 0.494 e. The average Bonchev–Trinajstić information content (AvgIpc) is 2.99. The van der Waals surface area contributed by atoms with Crippen LogP contribution in [0.5, 0.6) is 17.2 Å². The lowest BCUT2D eigenvalue weighted by Gasteiger charge is -2.47. The standard InChI is InChI=1S/C34H46BrN6O5P/c1-21-14-26(29(44-5)15-27(21)40-12-10-23(11-13-40)41-17-22(18-41)19-43-4)38-33-36-16-24(35)32(39-33)37-25-8-9-28-30(31(25)47(6,7)42)46-34(2,3)20-45-28/h8-9,14-16,22-23H,10-13,17-20H2,1-7H3,(H2,36,37,38,39). The van der Waals surface area contributed by atoms with Gasteiger partial charge in [-0.15, -0.1) is 0 Å². The Labute approximate surface area is 286 Å². The van der Waals surface area contributed by atoms with Gasteiger partial charge in [0.15, 0.2) is 11.5 Å². The summed E-state index contributed by atoms with van der Waals surface area (Å²) in [5, 5.41) is 7.32. The van der Waals surface area contributed by atoms with Gasteiger partial charge in [0.2, 0.25) is 5.95 Å². The number of hydrogen-bond acceptors (Lipinski definition) is 11. The van der Waals surface area contributed by atoms with Crippen LogP contribution in [0, 0.1) is 12.8 Å². The molecule has 2 fully saturated rings. The molecule has 0 atom stereocenters. The highest BCUT2D eigenvalue weighted by atomic mass is 79.9. The topological polar surface area (TPSA) is 110 Å². The van der Waals surface area contributed by atoms with Crippen molar-refractivity contribution in [2.45, 2.75) is 45.3 Å². The van der Waals surface area contributed by atoms with Crippen molar-refractivity contribution in [3.63, 3.8) is 0 Å². The van der Waals surface area contributed by atoms with E-state index in [-0.39, 0.29) is 0 Å². The number of likely N-dealkylation sites (tertiary alicyclic amines) is 1. The highest BCUT2D eigenvalue weighted by Crippen LogP contribution is 2.48. The van der Waals surface area contributed by atoms with Gasteiger partial charge < -0.3 is 39.0 Å². The minimum absolute atomic E-state index is 0.389. The number of hydrogen-bond donors (Lipinski definition) is 2. The molecular formula is C34H46BrN6O5P. The molecule has 6 rings (SSSR count). The van der Waals surface area contributed by atoms with E-state index in [1.807, 2.05) is 26.0 Å². The van der Waals surface area contributed by atoms with E-state index in [0.717, 1.165) is 56.9 Å². The molecular weight excluding hydrogens is 683 g/mol. The van der Waals surface area contributed by atoms with Crippen LogP contribution in [0.25, 0.3) is 0 Å². The van der Waals surface area contributed by atoms with Crippen LogP contribution in [0.1, 0.15) is 32.3 Å². The third-order valence-corrected chi connectivity index (χ3v) is 11.2. The van der Waals surface area contributed by atoms with Crippen LogP contribution in [-0.2, 0) is 9.30 Å². The van der Waals surface area contributed by atoms with Gasteiger partial charge in [-0.3, -0.25) is 4.90 Å². The number of rotatable bonds is 10. The lowest BCUT2D eigenvalue weighted by atomic mass is 9.93. The number of ether oxygens (including phenoxy) is 4. The van der Waals surface area contributed by atoms with E-state index in [0.29, 0.717) is 63.0 Å². The molecule has 1 aromatic heterocycles. The van der Waals surface area contributed by atoms with E-state index in [9.17, 15) is 4.57 Å². The molecule has 3 aromatic rings. The van der Waals surface area contributed by atoms with Crippen molar-refractivity contribution in [2.24, 2.45) is 5.92 Å². The molecule has 0 unspecified atom stereocenters. The molecule has 3 aliphatic heterocycles. The minimum atomic E-state index is -2.81. The lowest BCUT2D eigenvalue weighted by Crippen LogP contribution is -2.56. The zero-order valence-corrected chi connectivity index (χ0v) is 30.8. The summed E-state index contributed by atoms with van der Waals surface area (Å²) in [6.07, 6.45) is 3.99. The Kier molecular flexibility index (Phi) is 9.69. The highest BCUT2D eigenvalue weighted by molar-refractivity contribution is 9.10. The molecule has 2 aromatic carbocycles. The van der Waals surface area contributed by atoms with E-state index in [4.69, 9.17) is 23.9 Å². The quantitative estimate of drug-likeness (QED) is 0.227. The number of halogens is 1. The monoisotopic (exact) mass is 728 g/mol. The van der Waals surface area contributed by atoms with Crippen LogP contribution < -0.4 is 35.0 Å². The fourth-order valence-electron chi connectivity index (χ4n) is 6.73. The van der Waals surface area contributed by atoms with Crippen molar-refractivity contribution in [3.05, 3.63) is 40.5 Å². The number of nitrogens with zero attached hydrogens (tertiary/aromatic N) is 4. The van der Waals surface area contributed by atoms with Gasteiger partial charge in [-0.1, -0.05) is 0 Å². The Morgan fingerprint density at radius 3 is 2.53 bits per heavy atom. The van der Waals surface area contributed by atoms with Crippen LogP contribution in [0.2, 0.25) is 0 Å². The second kappa shape index (κ2) is 13.5. The summed E-state index contributed by atoms with van der Waals surface area (Å²) < 4.78 is 37.7. The summed E-state index contributed by atoms with van der Waals surface area (Å²) in [4.78, 5) is 14.4. The van der Waals surface area contributed by atoms with Crippen LogP contribution in [0.15, 0.2) is 34.9 Å². The number of aryl methyl sites for hydroxylation is 1. The molecule has 13 heteroatoms. The number of fused-ring (bicyclic) bond motifs is 1. The lowest BCUT2D eigenvalue weighted by molar-refractivity contribution is -0.000666. The normalized spacial score (nSPS) is 18.5. The van der Waals surface area contributed by atoms with Crippen molar-refractivity contribution < 1.29 is 23.5 Å². The molecule has 0 aliphatic carbocycles. The van der Waals surface area contributed by atoms with Gasteiger partial charge in [0.05, 0.1) is 34.9 Å². The smallest absolute Gasteiger partial charge is 0.229 e. The number of aromatic nitrogens is 2. The summed E-state index contributed by atoms with van der Waals surface area (Å²) >= 11 is 3.59. The second-order valence-electron chi connectivity index (χ2n) is 13.8. The molecule has 0 spiro atoms. The molecule has 0 bridgehead atoms. The van der Waals surface area contributed by atoms with E-state index >= 15 is 0 Å². The van der Waals surface area contributed by atoms with Crippen molar-refractivity contribution >= 4 is 57.2 Å². The van der Waals surface area contributed by atoms with Crippen molar-refractivity contribution in [3.8, 4) is 17.2 Å². The van der Waals surface area contributed by atoms with E-state index in [1.165, 1.54) is 5.69 Å². The fourth-order valence-corrected chi connectivity index (χ4v) is 8.37. The van der Waals surface area contributed by atoms with Gasteiger partial charge in [0.1, 0.15) is 30.9 Å².